The number of aryl methyl sites for hydroxylation is 1. The van der Waals surface area contributed by atoms with Gasteiger partial charge in [-0.3, -0.25) is 4.79 Å². The zero-order chi connectivity index (χ0) is 22.4. The summed E-state index contributed by atoms with van der Waals surface area (Å²) in [6.45, 7) is 1.64. The highest BCUT2D eigenvalue weighted by molar-refractivity contribution is 5.93. The van der Waals surface area contributed by atoms with Gasteiger partial charge in [-0.15, -0.1) is 0 Å². The first-order valence-electron chi connectivity index (χ1n) is 9.50. The van der Waals surface area contributed by atoms with Crippen LogP contribution in [-0.2, 0) is 0 Å². The summed E-state index contributed by atoms with van der Waals surface area (Å²) in [5.41, 5.74) is 1.77. The second-order valence-electron chi connectivity index (χ2n) is 6.82. The van der Waals surface area contributed by atoms with E-state index in [0.29, 0.717) is 23.2 Å². The van der Waals surface area contributed by atoms with Gasteiger partial charge in [0.05, 0.1) is 12.6 Å². The number of pyridine rings is 1. The van der Waals surface area contributed by atoms with Crippen molar-refractivity contribution >= 4 is 5.91 Å². The maximum Gasteiger partial charge on any atom is 0.270 e. The van der Waals surface area contributed by atoms with E-state index in [1.807, 2.05) is 0 Å². The molecule has 5 nitrogen and oxygen atoms in total. The molecule has 1 atom stereocenters. The molecule has 0 aliphatic heterocycles. The third-order valence-corrected chi connectivity index (χ3v) is 4.43. The third kappa shape index (κ3) is 5.65. The van der Waals surface area contributed by atoms with Gasteiger partial charge in [-0.25, -0.2) is 13.8 Å². The van der Waals surface area contributed by atoms with E-state index >= 15 is 0 Å². The molecule has 0 spiro atoms. The minimum Gasteiger partial charge on any atom is -0.508 e. The number of carbonyl (C=O) groups excluding carboxylic acids is 1. The van der Waals surface area contributed by atoms with E-state index in [9.17, 15) is 18.7 Å². The largest absolute Gasteiger partial charge is 0.508 e. The minimum absolute atomic E-state index is 0.0686. The number of carbonyl (C=O) groups is 1. The summed E-state index contributed by atoms with van der Waals surface area (Å²) in [6, 6.07) is 11.0. The average molecular weight is 422 g/mol. The lowest BCUT2D eigenvalue weighted by Gasteiger charge is -2.21. The number of phenols is 1. The Morgan fingerprint density at radius 2 is 1.81 bits per heavy atom. The second kappa shape index (κ2) is 9.83. The van der Waals surface area contributed by atoms with E-state index in [2.05, 4.69) is 22.1 Å². The van der Waals surface area contributed by atoms with Gasteiger partial charge in [-0.1, -0.05) is 24.0 Å². The number of rotatable bonds is 5. The SMILES string of the molecule is Cc1cc(C#CCCO)cc(C(=O)NC(c2ccc(F)cc2)c2cc(F)ccc2O)n1. The van der Waals surface area contributed by atoms with E-state index in [0.717, 1.165) is 12.1 Å². The first-order valence-corrected chi connectivity index (χ1v) is 9.50. The van der Waals surface area contributed by atoms with Crippen LogP contribution in [-0.4, -0.2) is 27.7 Å². The molecule has 2 aromatic carbocycles. The third-order valence-electron chi connectivity index (χ3n) is 4.43. The van der Waals surface area contributed by atoms with Gasteiger partial charge in [0.15, 0.2) is 0 Å². The number of hydrogen-bond acceptors (Lipinski definition) is 4. The molecule has 0 bridgehead atoms. The van der Waals surface area contributed by atoms with Crippen molar-refractivity contribution in [1.82, 2.24) is 10.3 Å². The van der Waals surface area contributed by atoms with Crippen molar-refractivity contribution in [2.24, 2.45) is 0 Å². The lowest BCUT2D eigenvalue weighted by molar-refractivity contribution is 0.0937. The Labute approximate surface area is 178 Å². The molecule has 1 unspecified atom stereocenters. The van der Waals surface area contributed by atoms with Gasteiger partial charge >= 0.3 is 0 Å². The Kier molecular flexibility index (Phi) is 6.96. The zero-order valence-electron chi connectivity index (χ0n) is 16.7. The molecule has 0 aliphatic rings. The van der Waals surface area contributed by atoms with Gasteiger partial charge in [-0.05, 0) is 55.0 Å². The van der Waals surface area contributed by atoms with Crippen LogP contribution in [0.5, 0.6) is 5.75 Å². The van der Waals surface area contributed by atoms with Crippen molar-refractivity contribution in [3.05, 3.63) is 94.3 Å². The Balaban J connectivity index is 1.98. The van der Waals surface area contributed by atoms with Gasteiger partial charge in [0.1, 0.15) is 23.1 Å². The number of nitrogens with one attached hydrogen (secondary N) is 1. The van der Waals surface area contributed by atoms with E-state index in [1.165, 1.54) is 36.4 Å². The fourth-order valence-electron chi connectivity index (χ4n) is 3.04. The quantitative estimate of drug-likeness (QED) is 0.549. The zero-order valence-corrected chi connectivity index (χ0v) is 16.7. The molecule has 3 aromatic rings. The number of aliphatic hydroxyl groups is 1. The van der Waals surface area contributed by atoms with Crippen molar-refractivity contribution in [3.63, 3.8) is 0 Å². The van der Waals surface area contributed by atoms with Crippen molar-refractivity contribution in [3.8, 4) is 17.6 Å². The summed E-state index contributed by atoms with van der Waals surface area (Å²) in [5, 5.41) is 21.9. The van der Waals surface area contributed by atoms with Gasteiger partial charge in [-0.2, -0.15) is 0 Å². The van der Waals surface area contributed by atoms with Crippen LogP contribution < -0.4 is 5.32 Å². The molecule has 1 heterocycles. The summed E-state index contributed by atoms with van der Waals surface area (Å²) < 4.78 is 27.3. The standard InChI is InChI=1S/C24H20F2N2O3/c1-15-12-16(4-2-3-11-29)13-21(27-15)24(31)28-23(17-5-7-18(25)8-6-17)20-14-19(26)9-10-22(20)30/h5-10,12-14,23,29-30H,3,11H2,1H3,(H,28,31). The number of aliphatic hydroxyl groups excluding tert-OH is 1. The molecule has 7 heteroatoms. The van der Waals surface area contributed by atoms with Crippen molar-refractivity contribution in [1.29, 1.82) is 0 Å². The Morgan fingerprint density at radius 1 is 1.10 bits per heavy atom. The number of amides is 1. The summed E-state index contributed by atoms with van der Waals surface area (Å²) in [4.78, 5) is 17.2. The van der Waals surface area contributed by atoms with E-state index in [-0.39, 0.29) is 23.6 Å². The molecule has 3 rings (SSSR count). The first kappa shape index (κ1) is 21.9. The van der Waals surface area contributed by atoms with Crippen LogP contribution >= 0.6 is 0 Å². The number of halogens is 2. The predicted molar refractivity (Wildman–Crippen MR) is 111 cm³/mol. The Hall–Kier alpha value is -3.76. The van der Waals surface area contributed by atoms with Crippen LogP contribution in [0.15, 0.2) is 54.6 Å². The number of benzene rings is 2. The van der Waals surface area contributed by atoms with E-state index < -0.39 is 23.6 Å². The van der Waals surface area contributed by atoms with Gasteiger partial charge in [0.25, 0.3) is 5.91 Å². The number of hydrogen-bond donors (Lipinski definition) is 3. The highest BCUT2D eigenvalue weighted by atomic mass is 19.1. The maximum absolute atomic E-state index is 13.9. The summed E-state index contributed by atoms with van der Waals surface area (Å²) in [6.07, 6.45) is 0.300. The number of nitrogens with zero attached hydrogens (tertiary/aromatic N) is 1. The van der Waals surface area contributed by atoms with Crippen LogP contribution in [0.25, 0.3) is 0 Å². The minimum atomic E-state index is -0.949. The molecular formula is C24H20F2N2O3. The smallest absolute Gasteiger partial charge is 0.270 e. The molecular weight excluding hydrogens is 402 g/mol. The summed E-state index contributed by atoms with van der Waals surface area (Å²) in [5.74, 6) is 3.79. The van der Waals surface area contributed by atoms with Gasteiger partial charge in [0, 0.05) is 23.2 Å². The van der Waals surface area contributed by atoms with Gasteiger partial charge in [0.2, 0.25) is 0 Å². The molecule has 0 saturated carbocycles. The monoisotopic (exact) mass is 422 g/mol. The molecule has 3 N–H and O–H groups in total. The van der Waals surface area contributed by atoms with Crippen LogP contribution in [0, 0.1) is 30.4 Å². The van der Waals surface area contributed by atoms with E-state index in [1.54, 1.807) is 13.0 Å². The highest BCUT2D eigenvalue weighted by Crippen LogP contribution is 2.30. The fourth-order valence-corrected chi connectivity index (χ4v) is 3.04. The second-order valence-corrected chi connectivity index (χ2v) is 6.82. The van der Waals surface area contributed by atoms with Crippen LogP contribution in [0.4, 0.5) is 8.78 Å². The van der Waals surface area contributed by atoms with Crippen molar-refractivity contribution < 1.29 is 23.8 Å². The molecule has 31 heavy (non-hydrogen) atoms. The Morgan fingerprint density at radius 3 is 2.52 bits per heavy atom. The maximum atomic E-state index is 13.9. The highest BCUT2D eigenvalue weighted by Gasteiger charge is 2.22. The fraction of sp³-hybridized carbons (Fsp3) is 0.167. The normalized spacial score (nSPS) is 11.4. The van der Waals surface area contributed by atoms with E-state index in [4.69, 9.17) is 5.11 Å². The number of phenolic OH excluding ortho intramolecular Hbond substituents is 1. The molecule has 158 valence electrons. The summed E-state index contributed by atoms with van der Waals surface area (Å²) >= 11 is 0. The molecule has 0 radical (unpaired) electrons. The first-order chi connectivity index (χ1) is 14.9. The summed E-state index contributed by atoms with van der Waals surface area (Å²) in [7, 11) is 0. The van der Waals surface area contributed by atoms with Gasteiger partial charge < -0.3 is 15.5 Å². The number of aromatic nitrogens is 1. The topological polar surface area (TPSA) is 82.5 Å². The van der Waals surface area contributed by atoms with Crippen LogP contribution in [0.1, 0.15) is 45.3 Å². The molecule has 0 saturated heterocycles. The molecule has 0 aliphatic carbocycles. The average Bonchev–Trinajstić information content (AvgIpc) is 2.74. The van der Waals surface area contributed by atoms with Crippen molar-refractivity contribution in [2.75, 3.05) is 6.61 Å². The molecule has 1 amide bonds. The lowest BCUT2D eigenvalue weighted by Crippen LogP contribution is -2.30. The van der Waals surface area contributed by atoms with Crippen LogP contribution in [0.2, 0.25) is 0 Å². The predicted octanol–water partition coefficient (Wildman–Crippen LogP) is 3.63. The van der Waals surface area contributed by atoms with Crippen LogP contribution in [0.3, 0.4) is 0 Å². The molecule has 0 fully saturated rings. The molecule has 1 aromatic heterocycles. The van der Waals surface area contributed by atoms with Crippen molar-refractivity contribution in [2.45, 2.75) is 19.4 Å². The number of aromatic hydroxyl groups is 1. The Bertz CT molecular complexity index is 1150. The lowest BCUT2D eigenvalue weighted by atomic mass is 9.97.